The lowest BCUT2D eigenvalue weighted by molar-refractivity contribution is -0.135. The molecule has 0 radical (unpaired) electrons. The van der Waals surface area contributed by atoms with Gasteiger partial charge >= 0.3 is 0 Å². The summed E-state index contributed by atoms with van der Waals surface area (Å²) in [7, 11) is 1.32. The second kappa shape index (κ2) is 4.58. The summed E-state index contributed by atoms with van der Waals surface area (Å²) in [6, 6.07) is 0. The third-order valence-electron chi connectivity index (χ3n) is 1.63. The van der Waals surface area contributed by atoms with E-state index in [1.807, 2.05) is 0 Å². The Morgan fingerprint density at radius 1 is 1.06 bits per heavy atom. The van der Waals surface area contributed by atoms with Crippen molar-refractivity contribution in [1.29, 1.82) is 10.8 Å². The quantitative estimate of drug-likeness (QED) is 0.298. The number of rotatable bonds is 2. The maximum absolute atomic E-state index is 11.6. The summed E-state index contributed by atoms with van der Waals surface area (Å²) in [5, 5.41) is 13.6. The van der Waals surface area contributed by atoms with E-state index in [2.05, 4.69) is 0 Å². The minimum Gasteiger partial charge on any atom is -0.378 e. The summed E-state index contributed by atoms with van der Waals surface area (Å²) < 4.78 is 0. The molecule has 0 unspecified atom stereocenters. The average Bonchev–Trinajstić information content (AvgIpc) is 2.34. The summed E-state index contributed by atoms with van der Waals surface area (Å²) in [4.78, 5) is 24.2. The molecule has 1 heterocycles. The molecule has 0 atom stereocenters. The molecule has 0 bridgehead atoms. The average molecular weight is 259 g/mol. The van der Waals surface area contributed by atoms with Gasteiger partial charge in [-0.1, -0.05) is 0 Å². The Morgan fingerprint density at radius 3 is 1.62 bits per heavy atom. The topological polar surface area (TPSA) is 137 Å². The highest BCUT2D eigenvalue weighted by Crippen LogP contribution is 2.35. The lowest BCUT2D eigenvalue weighted by atomic mass is 10.5. The van der Waals surface area contributed by atoms with Gasteiger partial charge in [-0.25, -0.2) is 0 Å². The molecule has 0 aromatic carbocycles. The highest BCUT2D eigenvalue weighted by molar-refractivity contribution is 8.21. The first-order valence-electron chi connectivity index (χ1n) is 3.95. The minimum atomic E-state index is -0.533. The van der Waals surface area contributed by atoms with Gasteiger partial charge < -0.3 is 11.5 Å². The fraction of sp³-hybridized carbons (Fsp3) is 0.143. The van der Waals surface area contributed by atoms with Crippen molar-refractivity contribution < 1.29 is 9.59 Å². The van der Waals surface area contributed by atoms with E-state index in [1.54, 1.807) is 0 Å². The summed E-state index contributed by atoms with van der Waals surface area (Å²) in [5.41, 5.74) is 10.3. The number of imide groups is 1. The van der Waals surface area contributed by atoms with E-state index in [9.17, 15) is 9.59 Å². The number of amidine groups is 2. The maximum atomic E-state index is 11.6. The van der Waals surface area contributed by atoms with Crippen molar-refractivity contribution >= 4 is 45.7 Å². The molecule has 1 aliphatic heterocycles. The first-order chi connectivity index (χ1) is 7.34. The monoisotopic (exact) mass is 259 g/mol. The number of carbonyl (C=O) groups is 2. The second-order valence-corrected chi connectivity index (χ2v) is 4.86. The first-order valence-corrected chi connectivity index (χ1v) is 5.58. The van der Waals surface area contributed by atoms with E-state index >= 15 is 0 Å². The Labute approximate surface area is 99.6 Å². The van der Waals surface area contributed by atoms with Crippen molar-refractivity contribution in [3.05, 3.63) is 9.81 Å². The Kier molecular flexibility index (Phi) is 3.60. The van der Waals surface area contributed by atoms with Crippen LogP contribution in [-0.2, 0) is 9.59 Å². The number of hydrogen-bond acceptors (Lipinski definition) is 6. The van der Waals surface area contributed by atoms with Crippen LogP contribution in [0.5, 0.6) is 0 Å². The number of hydrogen-bond donors (Lipinski definition) is 4. The molecular weight excluding hydrogens is 250 g/mol. The van der Waals surface area contributed by atoms with Crippen molar-refractivity contribution in [3.8, 4) is 0 Å². The van der Waals surface area contributed by atoms with Gasteiger partial charge in [0.05, 0.1) is 0 Å². The molecule has 16 heavy (non-hydrogen) atoms. The molecule has 2 amide bonds. The highest BCUT2D eigenvalue weighted by atomic mass is 32.2. The summed E-state index contributed by atoms with van der Waals surface area (Å²) in [6.45, 7) is 0. The number of nitrogens with one attached hydrogen (secondary N) is 2. The molecule has 0 saturated carbocycles. The molecule has 0 spiro atoms. The normalized spacial score (nSPS) is 15.9. The first kappa shape index (κ1) is 12.6. The molecule has 0 aliphatic carbocycles. The zero-order chi connectivity index (χ0) is 12.5. The fourth-order valence-corrected chi connectivity index (χ4v) is 2.49. The third kappa shape index (κ3) is 2.36. The SMILES string of the molecule is CN1C(=O)C(SC(=N)N)=C(SC(=N)N)C1=O. The number of amides is 2. The van der Waals surface area contributed by atoms with Gasteiger partial charge in [-0.3, -0.25) is 25.3 Å². The van der Waals surface area contributed by atoms with E-state index in [4.69, 9.17) is 22.3 Å². The minimum absolute atomic E-state index is 0.0419. The zero-order valence-corrected chi connectivity index (χ0v) is 9.87. The molecular formula is C7H9N5O2S2. The van der Waals surface area contributed by atoms with E-state index in [1.165, 1.54) is 7.05 Å². The van der Waals surface area contributed by atoms with Crippen LogP contribution in [0.2, 0.25) is 0 Å². The number of thioether (sulfide) groups is 2. The van der Waals surface area contributed by atoms with Gasteiger partial charge in [0.1, 0.15) is 9.81 Å². The van der Waals surface area contributed by atoms with Gasteiger partial charge in [0.2, 0.25) is 0 Å². The van der Waals surface area contributed by atoms with Gasteiger partial charge in [-0.15, -0.1) is 0 Å². The Morgan fingerprint density at radius 2 is 1.38 bits per heavy atom. The molecule has 7 nitrogen and oxygen atoms in total. The van der Waals surface area contributed by atoms with Crippen molar-refractivity contribution in [2.75, 3.05) is 7.05 Å². The Balaban J connectivity index is 3.12. The molecule has 6 N–H and O–H groups in total. The van der Waals surface area contributed by atoms with Crippen LogP contribution in [0.15, 0.2) is 9.81 Å². The van der Waals surface area contributed by atoms with Crippen molar-refractivity contribution in [2.24, 2.45) is 11.5 Å². The fourth-order valence-electron chi connectivity index (χ4n) is 0.991. The van der Waals surface area contributed by atoms with Crippen LogP contribution in [0, 0.1) is 10.8 Å². The predicted molar refractivity (Wildman–Crippen MR) is 63.8 cm³/mol. The van der Waals surface area contributed by atoms with Crippen molar-refractivity contribution in [3.63, 3.8) is 0 Å². The molecule has 1 aliphatic rings. The van der Waals surface area contributed by atoms with E-state index in [0.717, 1.165) is 4.90 Å². The lowest BCUT2D eigenvalue weighted by Gasteiger charge is -2.05. The van der Waals surface area contributed by atoms with Gasteiger partial charge in [0.25, 0.3) is 11.8 Å². The molecule has 0 fully saturated rings. The smallest absolute Gasteiger partial charge is 0.268 e. The van der Waals surface area contributed by atoms with Crippen molar-refractivity contribution in [2.45, 2.75) is 0 Å². The molecule has 0 aromatic heterocycles. The van der Waals surface area contributed by atoms with Gasteiger partial charge in [-0.05, 0) is 23.5 Å². The lowest BCUT2D eigenvalue weighted by Crippen LogP contribution is -2.27. The Hall–Kier alpha value is -1.48. The van der Waals surface area contributed by atoms with Gasteiger partial charge in [-0.2, -0.15) is 0 Å². The van der Waals surface area contributed by atoms with Crippen LogP contribution in [0.4, 0.5) is 0 Å². The van der Waals surface area contributed by atoms with Crippen LogP contribution in [0.3, 0.4) is 0 Å². The number of carbonyl (C=O) groups excluding carboxylic acids is 2. The molecule has 0 aromatic rings. The molecule has 86 valence electrons. The third-order valence-corrected chi connectivity index (χ3v) is 3.36. The summed E-state index contributed by atoms with van der Waals surface area (Å²) in [5.74, 6) is -1.07. The predicted octanol–water partition coefficient (Wildman–Crippen LogP) is -0.550. The number of nitrogens with two attached hydrogens (primary N) is 2. The Bertz CT molecular complexity index is 392. The second-order valence-electron chi connectivity index (χ2n) is 2.76. The highest BCUT2D eigenvalue weighted by Gasteiger charge is 2.37. The standard InChI is InChI=1S/C7H9N5O2S2/c1-12-4(13)2(15-6(8)9)3(5(12)14)16-7(10)11/h1H3,(H3,8,9)(H3,10,11). The molecule has 1 rings (SSSR count). The van der Waals surface area contributed by atoms with E-state index in [0.29, 0.717) is 23.5 Å². The van der Waals surface area contributed by atoms with Gasteiger partial charge in [0.15, 0.2) is 10.3 Å². The largest absolute Gasteiger partial charge is 0.378 e. The number of nitrogens with zero attached hydrogens (tertiary/aromatic N) is 1. The van der Waals surface area contributed by atoms with Crippen LogP contribution >= 0.6 is 23.5 Å². The molecule has 9 heteroatoms. The van der Waals surface area contributed by atoms with Crippen LogP contribution in [0.1, 0.15) is 0 Å². The summed E-state index contributed by atoms with van der Waals surface area (Å²) >= 11 is 1.37. The van der Waals surface area contributed by atoms with E-state index in [-0.39, 0.29) is 20.1 Å². The van der Waals surface area contributed by atoms with E-state index < -0.39 is 11.8 Å². The van der Waals surface area contributed by atoms with Crippen LogP contribution in [-0.4, -0.2) is 34.1 Å². The maximum Gasteiger partial charge on any atom is 0.268 e. The molecule has 0 saturated heterocycles. The summed E-state index contributed by atoms with van der Waals surface area (Å²) in [6.07, 6.45) is 0. The van der Waals surface area contributed by atoms with Crippen molar-refractivity contribution in [1.82, 2.24) is 4.90 Å². The zero-order valence-electron chi connectivity index (χ0n) is 8.23. The number of likely N-dealkylation sites (N-methyl/N-ethyl adjacent to an activating group) is 1. The van der Waals surface area contributed by atoms with Gasteiger partial charge in [0, 0.05) is 7.05 Å². The van der Waals surface area contributed by atoms with Crippen LogP contribution in [0.25, 0.3) is 0 Å². The van der Waals surface area contributed by atoms with Crippen LogP contribution < -0.4 is 11.5 Å².